The molecular weight excluding hydrogens is 425 g/mol. The van der Waals surface area contributed by atoms with Crippen molar-refractivity contribution in [2.45, 2.75) is 18.9 Å². The van der Waals surface area contributed by atoms with Gasteiger partial charge in [-0.2, -0.15) is 0 Å². The maximum Gasteiger partial charge on any atom is 0.255 e. The summed E-state index contributed by atoms with van der Waals surface area (Å²) >= 11 is 0. The lowest BCUT2D eigenvalue weighted by Gasteiger charge is -2.37. The van der Waals surface area contributed by atoms with E-state index >= 15 is 0 Å². The van der Waals surface area contributed by atoms with Crippen molar-refractivity contribution in [3.63, 3.8) is 0 Å². The van der Waals surface area contributed by atoms with Gasteiger partial charge >= 0.3 is 0 Å². The molecule has 0 radical (unpaired) electrons. The van der Waals surface area contributed by atoms with Crippen molar-refractivity contribution < 1.29 is 13.9 Å². The van der Waals surface area contributed by atoms with Gasteiger partial charge in [0.25, 0.3) is 5.91 Å². The second-order valence-electron chi connectivity index (χ2n) is 8.84. The van der Waals surface area contributed by atoms with Crippen LogP contribution in [0.1, 0.15) is 23.2 Å². The van der Waals surface area contributed by atoms with E-state index in [-0.39, 0.29) is 11.5 Å². The minimum Gasteiger partial charge on any atom is -0.377 e. The average Bonchev–Trinajstić information content (AvgIpc) is 3.37. The minimum absolute atomic E-state index is 0.193. The third kappa shape index (κ3) is 5.22. The van der Waals surface area contributed by atoms with Crippen molar-refractivity contribution in [3.8, 4) is 0 Å². The van der Waals surface area contributed by atoms with Crippen molar-refractivity contribution in [2.24, 2.45) is 0 Å². The van der Waals surface area contributed by atoms with Gasteiger partial charge in [0, 0.05) is 71.7 Å². The fraction of sp³-hybridized carbons (Fsp3) is 0.565. The molecule has 1 atom stereocenters. The number of rotatable bonds is 5. The van der Waals surface area contributed by atoms with Gasteiger partial charge in [-0.15, -0.1) is 10.2 Å². The lowest BCUT2D eigenvalue weighted by molar-refractivity contribution is 0.0712. The van der Waals surface area contributed by atoms with Crippen LogP contribution in [0.15, 0.2) is 30.6 Å². The Kier molecular flexibility index (Phi) is 6.63. The molecule has 3 aliphatic rings. The van der Waals surface area contributed by atoms with E-state index in [4.69, 9.17) is 4.74 Å². The van der Waals surface area contributed by atoms with Gasteiger partial charge in [-0.1, -0.05) is 0 Å². The van der Waals surface area contributed by atoms with Crippen molar-refractivity contribution >= 4 is 17.5 Å². The summed E-state index contributed by atoms with van der Waals surface area (Å²) < 4.78 is 19.1. The Hall–Kier alpha value is -2.85. The number of halogens is 1. The summed E-state index contributed by atoms with van der Waals surface area (Å²) in [6, 6.07) is 5.28. The van der Waals surface area contributed by atoms with Crippen molar-refractivity contribution in [1.29, 1.82) is 0 Å². The standard InChI is InChI=1S/C23H30FN7O2/c24-19-14-18(15-25-16-19)23(32)31-11-9-30(10-12-31)22-4-3-21(26-27-22)29-7-5-28(6-8-29)17-20-2-1-13-33-20/h3-4,14-16,20H,1-2,5-13,17H2. The maximum absolute atomic E-state index is 13.4. The Morgan fingerprint density at radius 3 is 2.21 bits per heavy atom. The lowest BCUT2D eigenvalue weighted by Crippen LogP contribution is -2.49. The first kappa shape index (κ1) is 22.0. The molecule has 5 heterocycles. The molecule has 3 fully saturated rings. The number of amides is 1. The fourth-order valence-electron chi connectivity index (χ4n) is 4.74. The molecule has 0 saturated carbocycles. The zero-order chi connectivity index (χ0) is 22.6. The first-order valence-corrected chi connectivity index (χ1v) is 11.7. The van der Waals surface area contributed by atoms with E-state index in [1.165, 1.54) is 25.1 Å². The van der Waals surface area contributed by atoms with Crippen LogP contribution in [0.25, 0.3) is 0 Å². The molecule has 2 aromatic heterocycles. The van der Waals surface area contributed by atoms with E-state index < -0.39 is 5.82 Å². The molecule has 0 aliphatic carbocycles. The zero-order valence-corrected chi connectivity index (χ0v) is 18.8. The van der Waals surface area contributed by atoms with Gasteiger partial charge in [0.2, 0.25) is 0 Å². The first-order chi connectivity index (χ1) is 16.2. The minimum atomic E-state index is -0.501. The second-order valence-corrected chi connectivity index (χ2v) is 8.84. The predicted molar refractivity (Wildman–Crippen MR) is 122 cm³/mol. The van der Waals surface area contributed by atoms with Crippen molar-refractivity contribution in [2.75, 3.05) is 75.3 Å². The number of piperazine rings is 2. The van der Waals surface area contributed by atoms with E-state index in [1.54, 1.807) is 4.90 Å². The molecular formula is C23H30FN7O2. The number of anilines is 2. The maximum atomic E-state index is 13.4. The van der Waals surface area contributed by atoms with E-state index in [0.717, 1.165) is 57.2 Å². The molecule has 10 heteroatoms. The third-order valence-corrected chi connectivity index (χ3v) is 6.66. The molecule has 0 bridgehead atoms. The smallest absolute Gasteiger partial charge is 0.255 e. The lowest BCUT2D eigenvalue weighted by atomic mass is 10.2. The van der Waals surface area contributed by atoms with Crippen LogP contribution >= 0.6 is 0 Å². The number of carbonyl (C=O) groups excluding carboxylic acids is 1. The highest BCUT2D eigenvalue weighted by molar-refractivity contribution is 5.94. The van der Waals surface area contributed by atoms with Gasteiger partial charge in [0.05, 0.1) is 17.9 Å². The SMILES string of the molecule is O=C(c1cncc(F)c1)N1CCN(c2ccc(N3CCN(CC4CCCO4)CC3)nn2)CC1. The van der Waals surface area contributed by atoms with Crippen LogP contribution in [0.3, 0.4) is 0 Å². The monoisotopic (exact) mass is 455 g/mol. The normalized spacial score (nSPS) is 22.1. The van der Waals surface area contributed by atoms with Crippen molar-refractivity contribution in [1.82, 2.24) is 25.0 Å². The number of aromatic nitrogens is 3. The number of hydrogen-bond acceptors (Lipinski definition) is 8. The molecule has 1 amide bonds. The Bertz CT molecular complexity index is 938. The fourth-order valence-corrected chi connectivity index (χ4v) is 4.74. The molecule has 0 spiro atoms. The Morgan fingerprint density at radius 2 is 1.64 bits per heavy atom. The summed E-state index contributed by atoms with van der Waals surface area (Å²) in [5.74, 6) is 1.03. The average molecular weight is 456 g/mol. The molecule has 9 nitrogen and oxygen atoms in total. The van der Waals surface area contributed by atoms with Gasteiger partial charge in [-0.3, -0.25) is 14.7 Å². The Morgan fingerprint density at radius 1 is 0.970 bits per heavy atom. The van der Waals surface area contributed by atoms with E-state index in [0.29, 0.717) is 32.3 Å². The molecule has 176 valence electrons. The summed E-state index contributed by atoms with van der Waals surface area (Å²) in [6.07, 6.45) is 5.27. The first-order valence-electron chi connectivity index (χ1n) is 11.7. The quantitative estimate of drug-likeness (QED) is 0.667. The molecule has 0 aromatic carbocycles. The van der Waals surface area contributed by atoms with Gasteiger partial charge in [-0.05, 0) is 31.0 Å². The summed E-state index contributed by atoms with van der Waals surface area (Å²) in [7, 11) is 0. The van der Waals surface area contributed by atoms with Crippen LogP contribution in [0.5, 0.6) is 0 Å². The van der Waals surface area contributed by atoms with Crippen LogP contribution in [0, 0.1) is 5.82 Å². The van der Waals surface area contributed by atoms with Gasteiger partial charge in [0.15, 0.2) is 11.6 Å². The predicted octanol–water partition coefficient (Wildman–Crippen LogP) is 1.27. The Balaban J connectivity index is 1.11. The molecule has 3 saturated heterocycles. The second kappa shape index (κ2) is 9.96. The third-order valence-electron chi connectivity index (χ3n) is 6.66. The number of carbonyl (C=O) groups is 1. The Labute approximate surface area is 193 Å². The summed E-state index contributed by atoms with van der Waals surface area (Å²) in [4.78, 5) is 25.0. The summed E-state index contributed by atoms with van der Waals surface area (Å²) in [5, 5.41) is 8.93. The van der Waals surface area contributed by atoms with Gasteiger partial charge in [-0.25, -0.2) is 4.39 Å². The molecule has 33 heavy (non-hydrogen) atoms. The molecule has 1 unspecified atom stereocenters. The van der Waals surface area contributed by atoms with Crippen LogP contribution in [0.2, 0.25) is 0 Å². The van der Waals surface area contributed by atoms with Crippen LogP contribution in [-0.4, -0.2) is 103 Å². The van der Waals surface area contributed by atoms with Gasteiger partial charge < -0.3 is 19.4 Å². The topological polar surface area (TPSA) is 77.9 Å². The summed E-state index contributed by atoms with van der Waals surface area (Å²) in [5.41, 5.74) is 0.281. The van der Waals surface area contributed by atoms with Crippen LogP contribution < -0.4 is 9.80 Å². The van der Waals surface area contributed by atoms with E-state index in [2.05, 4.69) is 29.9 Å². The largest absolute Gasteiger partial charge is 0.377 e. The molecule has 2 aromatic rings. The molecule has 5 rings (SSSR count). The van der Waals surface area contributed by atoms with Crippen LogP contribution in [0.4, 0.5) is 16.0 Å². The zero-order valence-electron chi connectivity index (χ0n) is 18.8. The molecule has 3 aliphatic heterocycles. The molecule has 0 N–H and O–H groups in total. The summed E-state index contributed by atoms with van der Waals surface area (Å²) in [6.45, 7) is 8.25. The number of nitrogens with zero attached hydrogens (tertiary/aromatic N) is 7. The van der Waals surface area contributed by atoms with Crippen LogP contribution in [-0.2, 0) is 4.74 Å². The number of pyridine rings is 1. The van der Waals surface area contributed by atoms with E-state index in [1.807, 2.05) is 12.1 Å². The number of ether oxygens (including phenoxy) is 1. The highest BCUT2D eigenvalue weighted by atomic mass is 19.1. The number of hydrogen-bond donors (Lipinski definition) is 0. The highest BCUT2D eigenvalue weighted by Gasteiger charge is 2.25. The van der Waals surface area contributed by atoms with Crippen molar-refractivity contribution in [3.05, 3.63) is 42.0 Å². The van der Waals surface area contributed by atoms with E-state index in [9.17, 15) is 9.18 Å². The van der Waals surface area contributed by atoms with Gasteiger partial charge in [0.1, 0.15) is 5.82 Å². The highest BCUT2D eigenvalue weighted by Crippen LogP contribution is 2.20.